The lowest BCUT2D eigenvalue weighted by Gasteiger charge is -2.46. The normalized spacial score (nSPS) is 26.5. The quantitative estimate of drug-likeness (QED) is 0.431. The van der Waals surface area contributed by atoms with Crippen LogP contribution in [0.4, 0.5) is 0 Å². The van der Waals surface area contributed by atoms with Crippen LogP contribution in [-0.2, 0) is 4.43 Å². The second-order valence-corrected chi connectivity index (χ2v) is 14.3. The molecular weight excluding hydrogens is 322 g/mol. The summed E-state index contributed by atoms with van der Waals surface area (Å²) in [5.41, 5.74) is 3.29. The minimum Gasteiger partial charge on any atom is -0.413 e. The van der Waals surface area contributed by atoms with Crippen LogP contribution in [0.1, 0.15) is 67.2 Å². The summed E-state index contributed by atoms with van der Waals surface area (Å²) in [5, 5.41) is 0.130. The maximum absolute atomic E-state index is 6.94. The Hall–Kier alpha value is 0.00688. The summed E-state index contributed by atoms with van der Waals surface area (Å²) >= 11 is 6.75. The number of likely N-dealkylation sites (tertiary alicyclic amines) is 1. The van der Waals surface area contributed by atoms with Gasteiger partial charge < -0.3 is 9.33 Å². The van der Waals surface area contributed by atoms with Crippen molar-refractivity contribution < 1.29 is 4.43 Å². The predicted octanol–water partition coefficient (Wildman–Crippen LogP) is 5.93. The number of hydrogen-bond donors (Lipinski definition) is 0. The molecular formula is C19H36ClNOSi. The van der Waals surface area contributed by atoms with Gasteiger partial charge in [-0.3, -0.25) is 0 Å². The summed E-state index contributed by atoms with van der Waals surface area (Å²) in [6.45, 7) is 16.5. The molecule has 4 heteroatoms. The van der Waals surface area contributed by atoms with Crippen LogP contribution >= 0.6 is 11.6 Å². The van der Waals surface area contributed by atoms with Gasteiger partial charge in [0.05, 0.1) is 11.5 Å². The van der Waals surface area contributed by atoms with E-state index in [2.05, 4.69) is 52.5 Å². The molecule has 0 spiro atoms. The first kappa shape index (κ1) is 19.3. The number of halogens is 1. The average molecular weight is 358 g/mol. The van der Waals surface area contributed by atoms with Crippen molar-refractivity contribution in [1.82, 2.24) is 4.90 Å². The molecule has 0 aromatic heterocycles. The molecule has 0 amide bonds. The van der Waals surface area contributed by atoms with Crippen molar-refractivity contribution in [3.8, 4) is 0 Å². The summed E-state index contributed by atoms with van der Waals surface area (Å²) in [6, 6.07) is 0. The first-order valence-corrected chi connectivity index (χ1v) is 12.1. The lowest BCUT2D eigenvalue weighted by molar-refractivity contribution is 0.157. The van der Waals surface area contributed by atoms with E-state index in [0.29, 0.717) is 22.7 Å². The Morgan fingerprint density at radius 1 is 1.04 bits per heavy atom. The van der Waals surface area contributed by atoms with Crippen molar-refractivity contribution in [2.24, 2.45) is 0 Å². The number of nitrogens with zero attached hydrogens (tertiary/aromatic N) is 1. The van der Waals surface area contributed by atoms with Gasteiger partial charge in [0, 0.05) is 18.8 Å². The number of hydrogen-bond acceptors (Lipinski definition) is 2. The lowest BCUT2D eigenvalue weighted by Crippen LogP contribution is -2.51. The molecule has 1 aliphatic heterocycles. The summed E-state index contributed by atoms with van der Waals surface area (Å²) in [5.74, 6) is 0. The molecule has 2 unspecified atom stereocenters. The molecule has 1 aliphatic carbocycles. The zero-order chi connectivity index (χ0) is 17.2. The van der Waals surface area contributed by atoms with E-state index in [1.807, 2.05) is 0 Å². The summed E-state index contributed by atoms with van der Waals surface area (Å²) in [4.78, 5) is 2.49. The Balaban J connectivity index is 2.10. The Labute approximate surface area is 149 Å². The summed E-state index contributed by atoms with van der Waals surface area (Å²) in [6.07, 6.45) is 7.32. The smallest absolute Gasteiger partial charge is 0.200 e. The third-order valence-corrected chi connectivity index (χ3v) is 12.5. The Kier molecular flexibility index (Phi) is 6.66. The van der Waals surface area contributed by atoms with Gasteiger partial charge >= 0.3 is 0 Å². The molecule has 2 atom stereocenters. The van der Waals surface area contributed by atoms with Gasteiger partial charge in [0.2, 0.25) is 8.32 Å². The van der Waals surface area contributed by atoms with E-state index in [1.165, 1.54) is 31.6 Å². The Morgan fingerprint density at radius 3 is 2.00 bits per heavy atom. The van der Waals surface area contributed by atoms with Crippen LogP contribution in [0.15, 0.2) is 11.8 Å². The number of alkyl halides is 1. The van der Waals surface area contributed by atoms with Gasteiger partial charge in [-0.1, -0.05) is 47.6 Å². The van der Waals surface area contributed by atoms with Crippen molar-refractivity contribution in [2.75, 3.05) is 13.1 Å². The third-order valence-electron chi connectivity index (χ3n) is 5.93. The maximum atomic E-state index is 6.94. The zero-order valence-corrected chi connectivity index (χ0v) is 17.7. The monoisotopic (exact) mass is 357 g/mol. The van der Waals surface area contributed by atoms with Gasteiger partial charge in [-0.05, 0) is 42.3 Å². The summed E-state index contributed by atoms with van der Waals surface area (Å²) < 4.78 is 6.94. The molecule has 2 nitrogen and oxygen atoms in total. The van der Waals surface area contributed by atoms with E-state index in [0.717, 1.165) is 12.8 Å². The van der Waals surface area contributed by atoms with Gasteiger partial charge in [0.1, 0.15) is 0 Å². The molecule has 0 radical (unpaired) electrons. The Bertz CT molecular complexity index is 394. The number of rotatable bonds is 6. The largest absolute Gasteiger partial charge is 0.413 e. The van der Waals surface area contributed by atoms with E-state index >= 15 is 0 Å². The van der Waals surface area contributed by atoms with Gasteiger partial charge in [0.25, 0.3) is 0 Å². The molecule has 0 aromatic carbocycles. The zero-order valence-electron chi connectivity index (χ0n) is 15.9. The molecule has 0 aromatic rings. The van der Waals surface area contributed by atoms with E-state index < -0.39 is 8.32 Å². The second-order valence-electron chi connectivity index (χ2n) is 8.32. The van der Waals surface area contributed by atoms with E-state index in [1.54, 1.807) is 0 Å². The van der Waals surface area contributed by atoms with Crippen LogP contribution in [0.25, 0.3) is 0 Å². The van der Waals surface area contributed by atoms with Crippen LogP contribution in [0.3, 0.4) is 0 Å². The minimum absolute atomic E-state index is 0.130. The first-order chi connectivity index (χ1) is 10.8. The fourth-order valence-corrected chi connectivity index (χ4v) is 10.9. The fourth-order valence-electron chi connectivity index (χ4n) is 4.92. The highest BCUT2D eigenvalue weighted by atomic mass is 35.5. The molecule has 0 bridgehead atoms. The summed E-state index contributed by atoms with van der Waals surface area (Å²) in [7, 11) is -1.80. The van der Waals surface area contributed by atoms with Crippen LogP contribution in [0.2, 0.25) is 16.6 Å². The van der Waals surface area contributed by atoms with Crippen LogP contribution in [0.5, 0.6) is 0 Å². The first-order valence-electron chi connectivity index (χ1n) is 9.55. The van der Waals surface area contributed by atoms with Crippen molar-refractivity contribution in [3.05, 3.63) is 11.8 Å². The molecule has 0 N–H and O–H groups in total. The van der Waals surface area contributed by atoms with Crippen molar-refractivity contribution in [1.29, 1.82) is 0 Å². The van der Waals surface area contributed by atoms with Crippen molar-refractivity contribution >= 4 is 19.9 Å². The Morgan fingerprint density at radius 2 is 1.57 bits per heavy atom. The van der Waals surface area contributed by atoms with Gasteiger partial charge in [-0.25, -0.2) is 0 Å². The van der Waals surface area contributed by atoms with Crippen molar-refractivity contribution in [3.63, 3.8) is 0 Å². The molecule has 2 aliphatic rings. The maximum Gasteiger partial charge on any atom is 0.200 e. The average Bonchev–Trinajstić information content (AvgIpc) is 2.97. The van der Waals surface area contributed by atoms with Crippen LogP contribution in [-0.4, -0.2) is 37.8 Å². The molecule has 1 fully saturated rings. The molecule has 23 heavy (non-hydrogen) atoms. The van der Waals surface area contributed by atoms with Gasteiger partial charge in [-0.2, -0.15) is 0 Å². The highest BCUT2D eigenvalue weighted by Gasteiger charge is 2.47. The van der Waals surface area contributed by atoms with E-state index in [9.17, 15) is 0 Å². The molecule has 1 heterocycles. The molecule has 0 saturated carbocycles. The standard InChI is InChI=1S/C19H36ClNOSi/c1-14(2)23(15(3)4,16(5)6)22-17-9-10-19(18(20)13-17)21-11-7-8-12-21/h10,14-18H,7-9,11-13H2,1-6H3. The lowest BCUT2D eigenvalue weighted by atomic mass is 10.0. The highest BCUT2D eigenvalue weighted by Crippen LogP contribution is 2.44. The van der Waals surface area contributed by atoms with E-state index in [4.69, 9.17) is 16.0 Å². The minimum atomic E-state index is -1.80. The second kappa shape index (κ2) is 7.92. The predicted molar refractivity (Wildman–Crippen MR) is 104 cm³/mol. The van der Waals surface area contributed by atoms with Crippen LogP contribution < -0.4 is 0 Å². The van der Waals surface area contributed by atoms with Crippen molar-refractivity contribution in [2.45, 2.75) is 95.3 Å². The van der Waals surface area contributed by atoms with Crippen LogP contribution in [0, 0.1) is 0 Å². The SMILES string of the molecule is CC(C)[Si](OC1CC=C(N2CCCC2)C(Cl)C1)(C(C)C)C(C)C. The molecule has 134 valence electrons. The number of allylic oxidation sites excluding steroid dienone is 1. The third kappa shape index (κ3) is 3.99. The molecule has 1 saturated heterocycles. The fraction of sp³-hybridized carbons (Fsp3) is 0.895. The topological polar surface area (TPSA) is 12.5 Å². The van der Waals surface area contributed by atoms with E-state index in [-0.39, 0.29) is 5.38 Å². The van der Waals surface area contributed by atoms with Gasteiger partial charge in [-0.15, -0.1) is 11.6 Å². The highest BCUT2D eigenvalue weighted by molar-refractivity contribution is 6.77. The molecule has 2 rings (SSSR count). The van der Waals surface area contributed by atoms with Gasteiger partial charge in [0.15, 0.2) is 0 Å².